The molecule has 1 aliphatic heterocycles. The minimum atomic E-state index is -1.53. The number of hydrogen-bond donors (Lipinski definition) is 0. The molecule has 0 aromatic rings. The summed E-state index contributed by atoms with van der Waals surface area (Å²) in [6.07, 6.45) is 9.22. The molecule has 0 saturated heterocycles. The maximum Gasteiger partial charge on any atom is 0.330 e. The largest absolute Gasteiger partial charge is 0.452 e. The highest BCUT2D eigenvalue weighted by molar-refractivity contribution is 6.87. The molecule has 0 radical (unpaired) electrons. The molecule has 0 bridgehead atoms. The molecule has 1 spiro atoms. The van der Waals surface area contributed by atoms with E-state index in [1.165, 1.54) is 25.7 Å². The molecule has 1 aliphatic carbocycles. The van der Waals surface area contributed by atoms with Gasteiger partial charge in [-0.2, -0.15) is 0 Å². The molecule has 2 rings (SSSR count). The first-order chi connectivity index (χ1) is 7.43. The van der Waals surface area contributed by atoms with Crippen LogP contribution in [0, 0.1) is 0 Å². The van der Waals surface area contributed by atoms with E-state index in [4.69, 9.17) is 4.74 Å². The van der Waals surface area contributed by atoms with Crippen LogP contribution in [0.4, 0.5) is 0 Å². The van der Waals surface area contributed by atoms with Gasteiger partial charge in [0.05, 0.1) is 8.07 Å². The smallest absolute Gasteiger partial charge is 0.330 e. The van der Waals surface area contributed by atoms with Crippen LogP contribution in [0.1, 0.15) is 38.5 Å². The van der Waals surface area contributed by atoms with Crippen LogP contribution in [0.3, 0.4) is 0 Å². The van der Waals surface area contributed by atoms with Gasteiger partial charge in [-0.15, -0.1) is 0 Å². The Morgan fingerprint density at radius 1 is 1.12 bits per heavy atom. The Morgan fingerprint density at radius 2 is 1.69 bits per heavy atom. The van der Waals surface area contributed by atoms with Crippen LogP contribution >= 0.6 is 0 Å². The lowest BCUT2D eigenvalue weighted by Crippen LogP contribution is -2.28. The van der Waals surface area contributed by atoms with E-state index in [0.29, 0.717) is 0 Å². The van der Waals surface area contributed by atoms with Crippen molar-refractivity contribution in [1.82, 2.24) is 0 Å². The highest BCUT2D eigenvalue weighted by atomic mass is 28.3. The quantitative estimate of drug-likeness (QED) is 0.517. The SMILES string of the molecule is C[Si](C)(C)C1=CC2(CCCCCC2)OC1=O. The van der Waals surface area contributed by atoms with E-state index in [2.05, 4.69) is 25.7 Å². The Kier molecular flexibility index (Phi) is 2.99. The van der Waals surface area contributed by atoms with Crippen LogP contribution in [-0.4, -0.2) is 19.6 Å². The zero-order chi connectivity index (χ0) is 11.8. The number of hydrogen-bond acceptors (Lipinski definition) is 2. The Labute approximate surface area is 99.1 Å². The molecule has 1 fully saturated rings. The maximum absolute atomic E-state index is 12.0. The van der Waals surface area contributed by atoms with E-state index in [9.17, 15) is 4.79 Å². The van der Waals surface area contributed by atoms with E-state index in [1.54, 1.807) is 0 Å². The highest BCUT2D eigenvalue weighted by Crippen LogP contribution is 2.39. The van der Waals surface area contributed by atoms with Crippen molar-refractivity contribution in [2.24, 2.45) is 0 Å². The van der Waals surface area contributed by atoms with Crippen LogP contribution in [0.15, 0.2) is 11.3 Å². The first kappa shape index (κ1) is 11.9. The second kappa shape index (κ2) is 4.02. The molecule has 16 heavy (non-hydrogen) atoms. The van der Waals surface area contributed by atoms with Gasteiger partial charge in [0.2, 0.25) is 0 Å². The monoisotopic (exact) mass is 238 g/mol. The molecule has 1 saturated carbocycles. The van der Waals surface area contributed by atoms with Crippen molar-refractivity contribution in [1.29, 1.82) is 0 Å². The first-order valence-corrected chi connectivity index (χ1v) is 9.90. The molecule has 0 aromatic carbocycles. The average Bonchev–Trinajstić information content (AvgIpc) is 2.36. The van der Waals surface area contributed by atoms with Crippen molar-refractivity contribution in [3.05, 3.63) is 11.3 Å². The predicted molar refractivity (Wildman–Crippen MR) is 68.0 cm³/mol. The number of carbonyl (C=O) groups excluding carboxylic acids is 1. The molecule has 1 heterocycles. The van der Waals surface area contributed by atoms with Gasteiger partial charge in [-0.1, -0.05) is 32.5 Å². The van der Waals surface area contributed by atoms with Gasteiger partial charge in [-0.3, -0.25) is 0 Å². The van der Waals surface area contributed by atoms with Crippen molar-refractivity contribution in [2.45, 2.75) is 63.8 Å². The predicted octanol–water partition coefficient (Wildman–Crippen LogP) is 3.44. The Morgan fingerprint density at radius 3 is 2.12 bits per heavy atom. The molecule has 2 aliphatic rings. The fourth-order valence-electron chi connectivity index (χ4n) is 2.69. The van der Waals surface area contributed by atoms with Gasteiger partial charge in [-0.05, 0) is 31.8 Å². The molecule has 0 unspecified atom stereocenters. The third-order valence-electron chi connectivity index (χ3n) is 3.68. The van der Waals surface area contributed by atoms with Crippen LogP contribution in [-0.2, 0) is 9.53 Å². The van der Waals surface area contributed by atoms with Crippen LogP contribution in [0.25, 0.3) is 0 Å². The van der Waals surface area contributed by atoms with Crippen molar-refractivity contribution in [2.75, 3.05) is 0 Å². The maximum atomic E-state index is 12.0. The second-order valence-electron chi connectivity index (χ2n) is 6.18. The standard InChI is InChI=1S/C13H22O2Si/c1-16(2,3)11-10-13(15-12(11)14)8-6-4-5-7-9-13/h10H,4-9H2,1-3H3. The summed E-state index contributed by atoms with van der Waals surface area (Å²) in [5.41, 5.74) is -0.219. The first-order valence-electron chi connectivity index (χ1n) is 6.40. The van der Waals surface area contributed by atoms with E-state index in [-0.39, 0.29) is 11.6 Å². The van der Waals surface area contributed by atoms with Gasteiger partial charge in [-0.25, -0.2) is 4.79 Å². The molecule has 0 aromatic heterocycles. The minimum absolute atomic E-state index is 0.0268. The average molecular weight is 238 g/mol. The molecule has 3 heteroatoms. The topological polar surface area (TPSA) is 26.3 Å². The summed E-state index contributed by atoms with van der Waals surface area (Å²) in [7, 11) is -1.53. The normalized spacial score (nSPS) is 25.2. The fraction of sp³-hybridized carbons (Fsp3) is 0.769. The number of carbonyl (C=O) groups is 1. The lowest BCUT2D eigenvalue weighted by molar-refractivity contribution is -0.146. The third-order valence-corrected chi connectivity index (χ3v) is 5.65. The van der Waals surface area contributed by atoms with Crippen LogP contribution in [0.2, 0.25) is 19.6 Å². The van der Waals surface area contributed by atoms with Gasteiger partial charge in [0.15, 0.2) is 0 Å². The Hall–Kier alpha value is -0.573. The lowest BCUT2D eigenvalue weighted by Gasteiger charge is -2.24. The van der Waals surface area contributed by atoms with Gasteiger partial charge in [0.1, 0.15) is 5.60 Å². The van der Waals surface area contributed by atoms with E-state index in [1.807, 2.05) is 0 Å². The van der Waals surface area contributed by atoms with Gasteiger partial charge in [0, 0.05) is 5.20 Å². The summed E-state index contributed by atoms with van der Waals surface area (Å²) in [4.78, 5) is 12.0. The van der Waals surface area contributed by atoms with E-state index < -0.39 is 8.07 Å². The van der Waals surface area contributed by atoms with Crippen molar-refractivity contribution < 1.29 is 9.53 Å². The van der Waals surface area contributed by atoms with Crippen molar-refractivity contribution in [3.63, 3.8) is 0 Å². The zero-order valence-corrected chi connectivity index (χ0v) is 11.6. The zero-order valence-electron chi connectivity index (χ0n) is 10.6. The summed E-state index contributed by atoms with van der Waals surface area (Å²) < 4.78 is 5.71. The minimum Gasteiger partial charge on any atom is -0.452 e. The van der Waals surface area contributed by atoms with Gasteiger partial charge in [0.25, 0.3) is 0 Å². The molecule has 0 amide bonds. The van der Waals surface area contributed by atoms with Crippen LogP contribution < -0.4 is 0 Å². The molecule has 2 nitrogen and oxygen atoms in total. The fourth-order valence-corrected chi connectivity index (χ4v) is 4.05. The number of rotatable bonds is 1. The van der Waals surface area contributed by atoms with E-state index >= 15 is 0 Å². The van der Waals surface area contributed by atoms with Gasteiger partial charge >= 0.3 is 5.97 Å². The summed E-state index contributed by atoms with van der Waals surface area (Å²) in [5, 5.41) is 1.01. The Balaban J connectivity index is 2.25. The molecule has 90 valence electrons. The molecular formula is C13H22O2Si. The third kappa shape index (κ3) is 2.24. The molecular weight excluding hydrogens is 216 g/mol. The summed E-state index contributed by atoms with van der Waals surface area (Å²) in [6, 6.07) is 0. The van der Waals surface area contributed by atoms with Crippen molar-refractivity contribution >= 4 is 14.0 Å². The number of ether oxygens (including phenoxy) is 1. The summed E-state index contributed by atoms with van der Waals surface area (Å²) in [6.45, 7) is 6.65. The number of esters is 1. The molecule has 0 N–H and O–H groups in total. The summed E-state index contributed by atoms with van der Waals surface area (Å²) in [5.74, 6) is -0.0268. The second-order valence-corrected chi connectivity index (χ2v) is 11.2. The van der Waals surface area contributed by atoms with Gasteiger partial charge < -0.3 is 4.74 Å². The summed E-state index contributed by atoms with van der Waals surface area (Å²) >= 11 is 0. The van der Waals surface area contributed by atoms with Crippen molar-refractivity contribution in [3.8, 4) is 0 Å². The van der Waals surface area contributed by atoms with Crippen LogP contribution in [0.5, 0.6) is 0 Å². The highest BCUT2D eigenvalue weighted by Gasteiger charge is 2.43. The Bertz CT molecular complexity index is 317. The molecule has 0 atom stereocenters. The van der Waals surface area contributed by atoms with E-state index in [0.717, 1.165) is 18.0 Å². The lowest BCUT2D eigenvalue weighted by atomic mass is 9.95.